The fourth-order valence-electron chi connectivity index (χ4n) is 1.59. The van der Waals surface area contributed by atoms with Crippen molar-refractivity contribution >= 4 is 28.6 Å². The van der Waals surface area contributed by atoms with Crippen molar-refractivity contribution in [2.75, 3.05) is 6.61 Å². The van der Waals surface area contributed by atoms with Gasteiger partial charge in [-0.3, -0.25) is 0 Å². The zero-order valence-corrected chi connectivity index (χ0v) is 11.6. The Morgan fingerprint density at radius 2 is 1.83 bits per heavy atom. The predicted octanol–water partition coefficient (Wildman–Crippen LogP) is 3.00. The van der Waals surface area contributed by atoms with Crippen LogP contribution < -0.4 is 0 Å². The van der Waals surface area contributed by atoms with Crippen LogP contribution in [0.3, 0.4) is 0 Å². The van der Waals surface area contributed by atoms with Crippen LogP contribution in [0.4, 0.5) is 0 Å². The second-order valence-corrected chi connectivity index (χ2v) is 5.70. The summed E-state index contributed by atoms with van der Waals surface area (Å²) in [5.41, 5.74) is -1.67. The maximum atomic E-state index is 12.2. The van der Waals surface area contributed by atoms with Crippen molar-refractivity contribution in [3.05, 3.63) is 44.8 Å². The summed E-state index contributed by atoms with van der Waals surface area (Å²) < 4.78 is 5.13. The number of thiophene rings is 2. The first-order chi connectivity index (χ1) is 8.69. The van der Waals surface area contributed by atoms with Crippen molar-refractivity contribution in [1.29, 1.82) is 0 Å². The molecule has 0 aliphatic rings. The highest BCUT2D eigenvalue weighted by atomic mass is 32.1. The number of carbonyl (C=O) groups excluding carboxylic acids is 1. The van der Waals surface area contributed by atoms with Gasteiger partial charge in [0, 0.05) is 0 Å². The second-order valence-electron chi connectivity index (χ2n) is 3.80. The molecule has 18 heavy (non-hydrogen) atoms. The van der Waals surface area contributed by atoms with Crippen LogP contribution in [0, 0.1) is 0 Å². The third kappa shape index (κ3) is 2.34. The van der Waals surface area contributed by atoms with E-state index < -0.39 is 11.6 Å². The summed E-state index contributed by atoms with van der Waals surface area (Å²) in [6.45, 7) is 2.24. The molecule has 0 radical (unpaired) electrons. The van der Waals surface area contributed by atoms with Gasteiger partial charge in [0.05, 0.1) is 16.4 Å². The zero-order valence-electron chi connectivity index (χ0n) is 9.96. The monoisotopic (exact) mass is 282 g/mol. The van der Waals surface area contributed by atoms with Gasteiger partial charge in [0.15, 0.2) is 0 Å². The highest BCUT2D eigenvalue weighted by Gasteiger charge is 2.43. The molecule has 1 N–H and O–H groups in total. The average molecular weight is 282 g/mol. The van der Waals surface area contributed by atoms with Crippen LogP contribution in [0.2, 0.25) is 0 Å². The highest BCUT2D eigenvalue weighted by Crippen LogP contribution is 2.36. The van der Waals surface area contributed by atoms with Crippen LogP contribution in [0.15, 0.2) is 35.0 Å². The molecular weight excluding hydrogens is 268 g/mol. The largest absolute Gasteiger partial charge is 0.463 e. The maximum absolute atomic E-state index is 12.2. The van der Waals surface area contributed by atoms with Gasteiger partial charge in [-0.25, -0.2) is 4.79 Å². The van der Waals surface area contributed by atoms with E-state index in [9.17, 15) is 9.90 Å². The number of rotatable bonds is 5. The van der Waals surface area contributed by atoms with Gasteiger partial charge in [0.1, 0.15) is 0 Å². The van der Waals surface area contributed by atoms with E-state index in [0.29, 0.717) is 16.4 Å². The lowest BCUT2D eigenvalue weighted by Crippen LogP contribution is -2.37. The van der Waals surface area contributed by atoms with Crippen LogP contribution in [0.25, 0.3) is 0 Å². The topological polar surface area (TPSA) is 46.5 Å². The van der Waals surface area contributed by atoms with Crippen LogP contribution in [-0.4, -0.2) is 17.7 Å². The Labute approximate surface area is 114 Å². The average Bonchev–Trinajstić information content (AvgIpc) is 3.05. The van der Waals surface area contributed by atoms with E-state index in [-0.39, 0.29) is 0 Å². The summed E-state index contributed by atoms with van der Waals surface area (Å²) in [5.74, 6) is -0.603. The van der Waals surface area contributed by atoms with Gasteiger partial charge >= 0.3 is 5.97 Å². The normalized spacial score (nSPS) is 11.4. The molecule has 0 aliphatic carbocycles. The molecule has 2 aromatic heterocycles. The number of aliphatic hydroxyl groups is 1. The quantitative estimate of drug-likeness (QED) is 0.858. The molecule has 2 heterocycles. The molecule has 0 unspecified atom stereocenters. The molecule has 5 heteroatoms. The van der Waals surface area contributed by atoms with Gasteiger partial charge in [-0.1, -0.05) is 19.1 Å². The van der Waals surface area contributed by atoms with Crippen molar-refractivity contribution in [1.82, 2.24) is 0 Å². The van der Waals surface area contributed by atoms with Gasteiger partial charge in [-0.05, 0) is 29.3 Å². The number of hydrogen-bond donors (Lipinski definition) is 1. The van der Waals surface area contributed by atoms with E-state index >= 15 is 0 Å². The summed E-state index contributed by atoms with van der Waals surface area (Å²) in [7, 11) is 0. The van der Waals surface area contributed by atoms with Crippen LogP contribution >= 0.6 is 22.7 Å². The Morgan fingerprint density at radius 3 is 2.22 bits per heavy atom. The summed E-state index contributed by atoms with van der Waals surface area (Å²) in [5, 5.41) is 14.4. The number of hydrogen-bond acceptors (Lipinski definition) is 5. The Balaban J connectivity index is 2.38. The van der Waals surface area contributed by atoms with Gasteiger partial charge in [-0.15, -0.1) is 22.7 Å². The smallest absolute Gasteiger partial charge is 0.349 e. The molecule has 0 fully saturated rings. The van der Waals surface area contributed by atoms with Crippen LogP contribution in [0.1, 0.15) is 23.1 Å². The van der Waals surface area contributed by atoms with Crippen molar-refractivity contribution in [3.63, 3.8) is 0 Å². The van der Waals surface area contributed by atoms with Crippen molar-refractivity contribution in [2.24, 2.45) is 0 Å². The molecule has 0 saturated carbocycles. The lowest BCUT2D eigenvalue weighted by Gasteiger charge is -2.23. The third-order valence-corrected chi connectivity index (χ3v) is 4.45. The standard InChI is InChI=1S/C13H14O3S2/c1-2-7-16-12(14)13(15,10-5-3-8-17-10)11-6-4-9-18-11/h3-6,8-9,15H,2,7H2,1H3. The van der Waals surface area contributed by atoms with Gasteiger partial charge in [-0.2, -0.15) is 0 Å². The summed E-state index contributed by atoms with van der Waals surface area (Å²) in [6, 6.07) is 7.12. The lowest BCUT2D eigenvalue weighted by molar-refractivity contribution is -0.161. The first kappa shape index (κ1) is 13.3. The zero-order chi connectivity index (χ0) is 13.0. The van der Waals surface area contributed by atoms with Crippen LogP contribution in [0.5, 0.6) is 0 Å². The van der Waals surface area contributed by atoms with E-state index in [0.717, 1.165) is 6.42 Å². The molecule has 3 nitrogen and oxygen atoms in total. The fourth-order valence-corrected chi connectivity index (χ4v) is 3.30. The van der Waals surface area contributed by atoms with Gasteiger partial charge in [0.25, 0.3) is 0 Å². The predicted molar refractivity (Wildman–Crippen MR) is 72.9 cm³/mol. The molecule has 0 atom stereocenters. The minimum Gasteiger partial charge on any atom is -0.463 e. The van der Waals surface area contributed by atoms with E-state index in [1.807, 2.05) is 29.8 Å². The van der Waals surface area contributed by atoms with Gasteiger partial charge in [0.2, 0.25) is 5.60 Å². The van der Waals surface area contributed by atoms with Crippen molar-refractivity contribution in [2.45, 2.75) is 18.9 Å². The Bertz CT molecular complexity index is 454. The Kier molecular flexibility index (Phi) is 4.16. The van der Waals surface area contributed by atoms with E-state index in [1.165, 1.54) is 22.7 Å². The third-order valence-electron chi connectivity index (χ3n) is 2.49. The Morgan fingerprint density at radius 1 is 1.28 bits per heavy atom. The first-order valence-electron chi connectivity index (χ1n) is 5.67. The minimum absolute atomic E-state index is 0.317. The van der Waals surface area contributed by atoms with Crippen molar-refractivity contribution < 1.29 is 14.6 Å². The molecule has 0 aliphatic heterocycles. The van der Waals surface area contributed by atoms with E-state index in [4.69, 9.17) is 4.74 Å². The molecule has 0 saturated heterocycles. The van der Waals surface area contributed by atoms with Crippen LogP contribution in [-0.2, 0) is 15.1 Å². The van der Waals surface area contributed by atoms with Gasteiger partial charge < -0.3 is 9.84 Å². The highest BCUT2D eigenvalue weighted by molar-refractivity contribution is 7.12. The maximum Gasteiger partial charge on any atom is 0.349 e. The molecular formula is C13H14O3S2. The summed E-state index contributed by atoms with van der Waals surface area (Å²) >= 11 is 2.69. The molecule has 2 rings (SSSR count). The summed E-state index contributed by atoms with van der Waals surface area (Å²) in [6.07, 6.45) is 0.733. The Hall–Kier alpha value is -1.17. The molecule has 0 spiro atoms. The molecule has 0 bridgehead atoms. The number of esters is 1. The molecule has 0 amide bonds. The molecule has 0 aromatic carbocycles. The number of ether oxygens (including phenoxy) is 1. The van der Waals surface area contributed by atoms with Crippen molar-refractivity contribution in [3.8, 4) is 0 Å². The summed E-state index contributed by atoms with van der Waals surface area (Å²) in [4.78, 5) is 13.3. The second kappa shape index (κ2) is 5.65. The SMILES string of the molecule is CCCOC(=O)C(O)(c1cccs1)c1cccs1. The lowest BCUT2D eigenvalue weighted by atomic mass is 10.0. The molecule has 96 valence electrons. The number of carbonyl (C=O) groups is 1. The molecule has 2 aromatic rings. The van der Waals surface area contributed by atoms with E-state index in [2.05, 4.69) is 0 Å². The first-order valence-corrected chi connectivity index (χ1v) is 7.43. The van der Waals surface area contributed by atoms with E-state index in [1.54, 1.807) is 12.1 Å². The minimum atomic E-state index is -1.67. The fraction of sp³-hybridized carbons (Fsp3) is 0.308.